The second-order valence-corrected chi connectivity index (χ2v) is 3.25. The number of nitrogens with zero attached hydrogens (tertiary/aromatic N) is 1. The fourth-order valence-corrected chi connectivity index (χ4v) is 1.11. The fourth-order valence-electron chi connectivity index (χ4n) is 1.11. The molecule has 0 aromatic heterocycles. The van der Waals surface area contributed by atoms with Crippen molar-refractivity contribution in [3.63, 3.8) is 0 Å². The lowest BCUT2D eigenvalue weighted by Crippen LogP contribution is -2.40. The molecule has 0 fully saturated rings. The van der Waals surface area contributed by atoms with Crippen LogP contribution in [0.5, 0.6) is 0 Å². The summed E-state index contributed by atoms with van der Waals surface area (Å²) in [5.41, 5.74) is 0.851. The largest absolute Gasteiger partial charge is 0.354 e. The first-order valence-electron chi connectivity index (χ1n) is 4.33. The topological polar surface area (TPSA) is 46.6 Å². The minimum absolute atomic E-state index is 0.329. The van der Waals surface area contributed by atoms with Crippen molar-refractivity contribution >= 4 is 11.8 Å². The van der Waals surface area contributed by atoms with Gasteiger partial charge in [-0.15, -0.1) is 0 Å². The Kier molecular flexibility index (Phi) is 3.19. The van der Waals surface area contributed by atoms with Crippen LogP contribution in [0.25, 0.3) is 0 Å². The van der Waals surface area contributed by atoms with E-state index in [0.717, 1.165) is 10.5 Å². The third kappa shape index (κ3) is 2.29. The Morgan fingerprint density at radius 2 is 2.00 bits per heavy atom. The number of rotatable bonds is 4. The number of ether oxygens (including phenoxy) is 1. The smallest absolute Gasteiger partial charge is 0.255 e. The summed E-state index contributed by atoms with van der Waals surface area (Å²) in [5, 5.41) is 0. The average Bonchev–Trinajstić information content (AvgIpc) is 2.42. The van der Waals surface area contributed by atoms with Crippen molar-refractivity contribution < 1.29 is 14.3 Å². The zero-order valence-electron chi connectivity index (χ0n) is 8.32. The zero-order chi connectivity index (χ0) is 10.7. The molecule has 0 saturated carbocycles. The molecule has 0 aromatic rings. The van der Waals surface area contributed by atoms with E-state index in [9.17, 15) is 9.59 Å². The van der Waals surface area contributed by atoms with Crippen LogP contribution < -0.4 is 0 Å². The molecule has 0 saturated heterocycles. The molecule has 0 radical (unpaired) electrons. The lowest BCUT2D eigenvalue weighted by atomic mass is 10.4. The van der Waals surface area contributed by atoms with E-state index in [4.69, 9.17) is 4.74 Å². The molecule has 14 heavy (non-hydrogen) atoms. The van der Waals surface area contributed by atoms with Gasteiger partial charge >= 0.3 is 0 Å². The highest BCUT2D eigenvalue weighted by molar-refractivity contribution is 6.13. The molecule has 0 bridgehead atoms. The summed E-state index contributed by atoms with van der Waals surface area (Å²) in [5.74, 6) is -0.659. The highest BCUT2D eigenvalue weighted by Gasteiger charge is 2.28. The van der Waals surface area contributed by atoms with Crippen LogP contribution in [-0.2, 0) is 14.3 Å². The molecule has 1 heterocycles. The number of hydrogen-bond donors (Lipinski definition) is 0. The van der Waals surface area contributed by atoms with Gasteiger partial charge in [-0.3, -0.25) is 9.59 Å². The highest BCUT2D eigenvalue weighted by Crippen LogP contribution is 2.10. The standard InChI is InChI=1S/C10H13NO3/c1-7(2)6-14-8(3)11-9(12)4-5-10(11)13/h4-5,8H,1,6H2,2-3H3. The van der Waals surface area contributed by atoms with Gasteiger partial charge in [0.1, 0.15) is 6.23 Å². The van der Waals surface area contributed by atoms with Crippen LogP contribution in [-0.4, -0.2) is 29.5 Å². The molecule has 1 aliphatic rings. The van der Waals surface area contributed by atoms with E-state index in [2.05, 4.69) is 6.58 Å². The summed E-state index contributed by atoms with van der Waals surface area (Å²) in [6, 6.07) is 0. The van der Waals surface area contributed by atoms with Gasteiger partial charge in [-0.2, -0.15) is 0 Å². The number of imide groups is 1. The Bertz CT molecular complexity index is 288. The molecule has 0 aliphatic carbocycles. The summed E-state index contributed by atoms with van der Waals surface area (Å²) < 4.78 is 5.27. The average molecular weight is 195 g/mol. The summed E-state index contributed by atoms with van der Waals surface area (Å²) in [4.78, 5) is 23.4. The van der Waals surface area contributed by atoms with Gasteiger partial charge in [-0.25, -0.2) is 4.90 Å². The van der Waals surface area contributed by atoms with Crippen molar-refractivity contribution in [3.05, 3.63) is 24.3 Å². The maximum Gasteiger partial charge on any atom is 0.255 e. The summed E-state index contributed by atoms with van der Waals surface area (Å²) in [6.45, 7) is 7.48. The van der Waals surface area contributed by atoms with E-state index in [1.165, 1.54) is 12.2 Å². The Hall–Kier alpha value is -1.42. The van der Waals surface area contributed by atoms with E-state index in [1.807, 2.05) is 6.92 Å². The zero-order valence-corrected chi connectivity index (χ0v) is 8.32. The van der Waals surface area contributed by atoms with Gasteiger partial charge in [0.15, 0.2) is 0 Å². The molecule has 4 nitrogen and oxygen atoms in total. The van der Waals surface area contributed by atoms with Gasteiger partial charge in [-0.05, 0) is 13.8 Å². The minimum atomic E-state index is -0.540. The SMILES string of the molecule is C=C(C)COC(C)N1C(=O)C=CC1=O. The summed E-state index contributed by atoms with van der Waals surface area (Å²) >= 11 is 0. The van der Waals surface area contributed by atoms with Crippen molar-refractivity contribution in [1.29, 1.82) is 0 Å². The first-order valence-corrected chi connectivity index (χ1v) is 4.33. The van der Waals surface area contributed by atoms with E-state index < -0.39 is 6.23 Å². The molecule has 0 N–H and O–H groups in total. The maximum absolute atomic E-state index is 11.2. The highest BCUT2D eigenvalue weighted by atomic mass is 16.5. The third-order valence-electron chi connectivity index (χ3n) is 1.78. The quantitative estimate of drug-likeness (QED) is 0.493. The molecular weight excluding hydrogens is 182 g/mol. The molecule has 76 valence electrons. The molecule has 1 unspecified atom stereocenters. The monoisotopic (exact) mass is 195 g/mol. The van der Waals surface area contributed by atoms with Gasteiger partial charge in [0.25, 0.3) is 11.8 Å². The van der Waals surface area contributed by atoms with Crippen LogP contribution in [0.2, 0.25) is 0 Å². The summed E-state index contributed by atoms with van der Waals surface area (Å²) in [6.07, 6.45) is 1.94. The van der Waals surface area contributed by atoms with Gasteiger partial charge < -0.3 is 4.74 Å². The van der Waals surface area contributed by atoms with E-state index in [0.29, 0.717) is 6.61 Å². The van der Waals surface area contributed by atoms with Crippen LogP contribution in [0.3, 0.4) is 0 Å². The fraction of sp³-hybridized carbons (Fsp3) is 0.400. The summed E-state index contributed by atoms with van der Waals surface area (Å²) in [7, 11) is 0. The molecule has 4 heteroatoms. The number of amides is 2. The van der Waals surface area contributed by atoms with E-state index in [1.54, 1.807) is 6.92 Å². The molecule has 2 amide bonds. The molecule has 0 aromatic carbocycles. The molecule has 1 aliphatic heterocycles. The lowest BCUT2D eigenvalue weighted by molar-refractivity contribution is -0.150. The number of carbonyl (C=O) groups is 2. The first kappa shape index (κ1) is 10.7. The Morgan fingerprint density at radius 1 is 1.50 bits per heavy atom. The molecule has 1 rings (SSSR count). The number of hydrogen-bond acceptors (Lipinski definition) is 3. The normalized spacial score (nSPS) is 17.7. The van der Waals surface area contributed by atoms with Crippen LogP contribution in [0.4, 0.5) is 0 Å². The predicted molar refractivity (Wildman–Crippen MR) is 51.2 cm³/mol. The van der Waals surface area contributed by atoms with Crippen molar-refractivity contribution in [2.24, 2.45) is 0 Å². The van der Waals surface area contributed by atoms with E-state index >= 15 is 0 Å². The van der Waals surface area contributed by atoms with Crippen LogP contribution in [0.15, 0.2) is 24.3 Å². The lowest BCUT2D eigenvalue weighted by Gasteiger charge is -2.22. The molecule has 0 spiro atoms. The van der Waals surface area contributed by atoms with E-state index in [-0.39, 0.29) is 11.8 Å². The van der Waals surface area contributed by atoms with Crippen molar-refractivity contribution in [2.75, 3.05) is 6.61 Å². The van der Waals surface area contributed by atoms with Crippen LogP contribution >= 0.6 is 0 Å². The third-order valence-corrected chi connectivity index (χ3v) is 1.78. The van der Waals surface area contributed by atoms with Gasteiger partial charge in [-0.1, -0.05) is 12.2 Å². The minimum Gasteiger partial charge on any atom is -0.354 e. The van der Waals surface area contributed by atoms with Gasteiger partial charge in [0, 0.05) is 12.2 Å². The second kappa shape index (κ2) is 4.19. The molecular formula is C10H13NO3. The van der Waals surface area contributed by atoms with Crippen molar-refractivity contribution in [1.82, 2.24) is 4.90 Å². The van der Waals surface area contributed by atoms with Gasteiger partial charge in [0.2, 0.25) is 0 Å². The predicted octanol–water partition coefficient (Wildman–Crippen LogP) is 0.850. The Balaban J connectivity index is 2.52. The van der Waals surface area contributed by atoms with Crippen molar-refractivity contribution in [3.8, 4) is 0 Å². The van der Waals surface area contributed by atoms with Crippen LogP contribution in [0.1, 0.15) is 13.8 Å². The maximum atomic E-state index is 11.2. The van der Waals surface area contributed by atoms with Crippen molar-refractivity contribution in [2.45, 2.75) is 20.1 Å². The Morgan fingerprint density at radius 3 is 2.43 bits per heavy atom. The second-order valence-electron chi connectivity index (χ2n) is 3.25. The molecule has 1 atom stereocenters. The van der Waals surface area contributed by atoms with Gasteiger partial charge in [0.05, 0.1) is 6.61 Å². The number of carbonyl (C=O) groups excluding carboxylic acids is 2. The van der Waals surface area contributed by atoms with Crippen LogP contribution in [0, 0.1) is 0 Å². The first-order chi connectivity index (χ1) is 6.52. The Labute approximate surface area is 82.8 Å².